The number of nitrogens with one attached hydrogen (secondary N) is 1. The van der Waals surface area contributed by atoms with Gasteiger partial charge in [0, 0.05) is 19.1 Å². The lowest BCUT2D eigenvalue weighted by Crippen LogP contribution is -2.55. The Morgan fingerprint density at radius 3 is 2.63 bits per heavy atom. The molecule has 0 bridgehead atoms. The number of methoxy groups -OCH3 is 1. The van der Waals surface area contributed by atoms with Gasteiger partial charge in [-0.3, -0.25) is 9.69 Å². The van der Waals surface area contributed by atoms with Gasteiger partial charge in [-0.05, 0) is 33.2 Å². The lowest BCUT2D eigenvalue weighted by atomic mass is 9.92. The normalized spacial score (nSPS) is 21.7. The van der Waals surface area contributed by atoms with E-state index in [4.69, 9.17) is 9.47 Å². The molecular formula is C14H28N2O3. The van der Waals surface area contributed by atoms with Crippen molar-refractivity contribution in [3.8, 4) is 0 Å². The van der Waals surface area contributed by atoms with Crippen LogP contribution in [0.5, 0.6) is 0 Å². The van der Waals surface area contributed by atoms with Crippen LogP contribution in [0.15, 0.2) is 0 Å². The van der Waals surface area contributed by atoms with Gasteiger partial charge in [0.15, 0.2) is 0 Å². The van der Waals surface area contributed by atoms with Gasteiger partial charge in [0.05, 0.1) is 20.3 Å². The number of hydrogen-bond donors (Lipinski definition) is 1. The molecule has 0 aliphatic carbocycles. The molecule has 1 saturated heterocycles. The van der Waals surface area contributed by atoms with E-state index in [1.807, 2.05) is 6.92 Å². The van der Waals surface area contributed by atoms with Crippen molar-refractivity contribution < 1.29 is 14.3 Å². The summed E-state index contributed by atoms with van der Waals surface area (Å²) in [5.41, 5.74) is -0.609. The van der Waals surface area contributed by atoms with Crippen molar-refractivity contribution >= 4 is 5.97 Å². The van der Waals surface area contributed by atoms with Gasteiger partial charge in [0.25, 0.3) is 0 Å². The number of hydrogen-bond acceptors (Lipinski definition) is 5. The molecule has 0 saturated carbocycles. The largest absolute Gasteiger partial charge is 0.468 e. The van der Waals surface area contributed by atoms with E-state index in [2.05, 4.69) is 24.1 Å². The molecule has 1 aliphatic rings. The van der Waals surface area contributed by atoms with Gasteiger partial charge in [-0.25, -0.2) is 0 Å². The highest BCUT2D eigenvalue weighted by atomic mass is 16.5. The van der Waals surface area contributed by atoms with Gasteiger partial charge in [0.1, 0.15) is 5.54 Å². The SMILES string of the molecule is CCCNC(C)(CC(C)N1CCOCC1)C(=O)OC. The zero-order chi connectivity index (χ0) is 14.3. The van der Waals surface area contributed by atoms with Crippen LogP contribution in [0, 0.1) is 0 Å². The number of nitrogens with zero attached hydrogens (tertiary/aromatic N) is 1. The van der Waals surface area contributed by atoms with Crippen molar-refractivity contribution in [2.75, 3.05) is 40.0 Å². The number of carbonyl (C=O) groups excluding carboxylic acids is 1. The summed E-state index contributed by atoms with van der Waals surface area (Å²) in [5, 5.41) is 3.33. The summed E-state index contributed by atoms with van der Waals surface area (Å²) < 4.78 is 10.3. The Hall–Kier alpha value is -0.650. The summed E-state index contributed by atoms with van der Waals surface area (Å²) in [6.07, 6.45) is 1.75. The van der Waals surface area contributed by atoms with Crippen LogP contribution in [0.1, 0.15) is 33.6 Å². The predicted octanol–water partition coefficient (Wildman–Crippen LogP) is 1.03. The lowest BCUT2D eigenvalue weighted by Gasteiger charge is -2.37. The molecule has 5 heteroatoms. The molecule has 1 N–H and O–H groups in total. The average Bonchev–Trinajstić information content (AvgIpc) is 2.45. The van der Waals surface area contributed by atoms with E-state index >= 15 is 0 Å². The standard InChI is InChI=1S/C14H28N2O3/c1-5-6-15-14(3,13(17)18-4)11-12(2)16-7-9-19-10-8-16/h12,15H,5-11H2,1-4H3. The summed E-state index contributed by atoms with van der Waals surface area (Å²) in [6, 6.07) is 0.331. The third-order valence-corrected chi connectivity index (χ3v) is 3.77. The van der Waals surface area contributed by atoms with Crippen LogP contribution < -0.4 is 5.32 Å². The van der Waals surface area contributed by atoms with Crippen LogP contribution >= 0.6 is 0 Å². The maximum atomic E-state index is 12.0. The summed E-state index contributed by atoms with van der Waals surface area (Å²) in [5.74, 6) is -0.180. The molecule has 0 aromatic rings. The Bertz CT molecular complexity index is 280. The molecule has 1 fully saturated rings. The highest BCUT2D eigenvalue weighted by Gasteiger charge is 2.36. The van der Waals surface area contributed by atoms with E-state index in [0.29, 0.717) is 6.04 Å². The monoisotopic (exact) mass is 272 g/mol. The molecular weight excluding hydrogens is 244 g/mol. The van der Waals surface area contributed by atoms with Gasteiger partial charge in [-0.1, -0.05) is 6.92 Å². The van der Waals surface area contributed by atoms with E-state index in [1.54, 1.807) is 0 Å². The fourth-order valence-corrected chi connectivity index (χ4v) is 2.59. The molecule has 0 aromatic carbocycles. The molecule has 1 heterocycles. The van der Waals surface area contributed by atoms with Gasteiger partial charge < -0.3 is 14.8 Å². The minimum absolute atomic E-state index is 0.180. The summed E-state index contributed by atoms with van der Waals surface area (Å²) in [4.78, 5) is 14.4. The zero-order valence-electron chi connectivity index (χ0n) is 12.7. The number of rotatable bonds is 7. The molecule has 1 rings (SSSR count). The van der Waals surface area contributed by atoms with Crippen LogP contribution in [0.3, 0.4) is 0 Å². The quantitative estimate of drug-likeness (QED) is 0.702. The molecule has 0 amide bonds. The third kappa shape index (κ3) is 4.75. The fourth-order valence-electron chi connectivity index (χ4n) is 2.59. The van der Waals surface area contributed by atoms with Crippen molar-refractivity contribution in [1.82, 2.24) is 10.2 Å². The van der Waals surface area contributed by atoms with Crippen molar-refractivity contribution in [1.29, 1.82) is 0 Å². The predicted molar refractivity (Wildman–Crippen MR) is 75.2 cm³/mol. The lowest BCUT2D eigenvalue weighted by molar-refractivity contribution is -0.149. The number of esters is 1. The topological polar surface area (TPSA) is 50.8 Å². The number of ether oxygens (including phenoxy) is 2. The average molecular weight is 272 g/mol. The van der Waals surface area contributed by atoms with Gasteiger partial charge in [0.2, 0.25) is 0 Å². The minimum atomic E-state index is -0.609. The first-order chi connectivity index (χ1) is 9.03. The maximum Gasteiger partial charge on any atom is 0.325 e. The highest BCUT2D eigenvalue weighted by molar-refractivity contribution is 5.80. The smallest absolute Gasteiger partial charge is 0.325 e. The first kappa shape index (κ1) is 16.4. The van der Waals surface area contributed by atoms with Crippen molar-refractivity contribution in [3.05, 3.63) is 0 Å². The molecule has 5 nitrogen and oxygen atoms in total. The van der Waals surface area contributed by atoms with E-state index in [0.717, 1.165) is 45.7 Å². The zero-order valence-corrected chi connectivity index (χ0v) is 12.7. The minimum Gasteiger partial charge on any atom is -0.468 e. The molecule has 2 unspecified atom stereocenters. The van der Waals surface area contributed by atoms with Gasteiger partial charge in [-0.2, -0.15) is 0 Å². The summed E-state index contributed by atoms with van der Waals surface area (Å²) >= 11 is 0. The molecule has 0 radical (unpaired) electrons. The van der Waals surface area contributed by atoms with E-state index < -0.39 is 5.54 Å². The Balaban J connectivity index is 2.61. The van der Waals surface area contributed by atoms with E-state index in [9.17, 15) is 4.79 Å². The summed E-state index contributed by atoms with van der Waals surface area (Å²) in [7, 11) is 1.45. The Kier molecular flexibility index (Phi) is 6.75. The van der Waals surface area contributed by atoms with Crippen LogP contribution in [0.25, 0.3) is 0 Å². The Labute approximate surface area is 116 Å². The van der Waals surface area contributed by atoms with Gasteiger partial charge in [-0.15, -0.1) is 0 Å². The third-order valence-electron chi connectivity index (χ3n) is 3.77. The molecule has 112 valence electrons. The highest BCUT2D eigenvalue weighted by Crippen LogP contribution is 2.19. The maximum absolute atomic E-state index is 12.0. The second-order valence-corrected chi connectivity index (χ2v) is 5.45. The van der Waals surface area contributed by atoms with E-state index in [-0.39, 0.29) is 5.97 Å². The van der Waals surface area contributed by atoms with Crippen LogP contribution in [-0.4, -0.2) is 62.4 Å². The first-order valence-corrected chi connectivity index (χ1v) is 7.18. The molecule has 1 aliphatic heterocycles. The van der Waals surface area contributed by atoms with Crippen LogP contribution in [0.2, 0.25) is 0 Å². The Morgan fingerprint density at radius 2 is 2.11 bits per heavy atom. The first-order valence-electron chi connectivity index (χ1n) is 7.18. The van der Waals surface area contributed by atoms with Crippen molar-refractivity contribution in [2.24, 2.45) is 0 Å². The molecule has 2 atom stereocenters. The van der Waals surface area contributed by atoms with Crippen LogP contribution in [-0.2, 0) is 14.3 Å². The van der Waals surface area contributed by atoms with Crippen molar-refractivity contribution in [2.45, 2.75) is 45.2 Å². The molecule has 0 spiro atoms. The number of morpholine rings is 1. The van der Waals surface area contributed by atoms with Crippen molar-refractivity contribution in [3.63, 3.8) is 0 Å². The van der Waals surface area contributed by atoms with E-state index in [1.165, 1.54) is 7.11 Å². The number of carbonyl (C=O) groups is 1. The second kappa shape index (κ2) is 7.82. The Morgan fingerprint density at radius 1 is 1.47 bits per heavy atom. The van der Waals surface area contributed by atoms with Crippen LogP contribution in [0.4, 0.5) is 0 Å². The fraction of sp³-hybridized carbons (Fsp3) is 0.929. The second-order valence-electron chi connectivity index (χ2n) is 5.45. The molecule has 19 heavy (non-hydrogen) atoms. The summed E-state index contributed by atoms with van der Waals surface area (Å²) in [6.45, 7) is 10.4. The van der Waals surface area contributed by atoms with Gasteiger partial charge >= 0.3 is 5.97 Å². The molecule has 0 aromatic heterocycles.